The van der Waals surface area contributed by atoms with Gasteiger partial charge in [-0.3, -0.25) is 19.2 Å². The number of aliphatic hydroxyl groups is 1. The van der Waals surface area contributed by atoms with Gasteiger partial charge in [-0.1, -0.05) is 80.6 Å². The molecule has 1 unspecified atom stereocenters. The van der Waals surface area contributed by atoms with Gasteiger partial charge in [0.05, 0.1) is 23.8 Å². The van der Waals surface area contributed by atoms with Gasteiger partial charge in [0.1, 0.15) is 31.2 Å². The van der Waals surface area contributed by atoms with E-state index in [4.69, 9.17) is 35.0 Å². The number of aryl methyl sites for hydroxylation is 1. The Labute approximate surface area is 415 Å². The number of amides is 2. The van der Waals surface area contributed by atoms with Crippen molar-refractivity contribution in [1.82, 2.24) is 16.0 Å². The molecule has 0 spiro atoms. The van der Waals surface area contributed by atoms with E-state index in [1.54, 1.807) is 34.8 Å². The van der Waals surface area contributed by atoms with Crippen LogP contribution in [0.3, 0.4) is 0 Å². The van der Waals surface area contributed by atoms with Gasteiger partial charge in [0.2, 0.25) is 12.3 Å². The van der Waals surface area contributed by atoms with E-state index in [9.17, 15) is 28.8 Å². The number of hydrogen-bond acceptors (Lipinski definition) is 14. The average Bonchev–Trinajstić information content (AvgIpc) is 3.29. The summed E-state index contributed by atoms with van der Waals surface area (Å²) in [6, 6.07) is 14.7. The maximum atomic E-state index is 11.4. The Morgan fingerprint density at radius 2 is 1.36 bits per heavy atom. The number of aldehydes is 3. The van der Waals surface area contributed by atoms with Crippen LogP contribution in [0.2, 0.25) is 0 Å². The zero-order chi connectivity index (χ0) is 54.7. The molecule has 0 heterocycles. The second-order valence-electron chi connectivity index (χ2n) is 18.3. The Balaban J connectivity index is -0.000000170. The zero-order valence-corrected chi connectivity index (χ0v) is 44.7. The highest BCUT2D eigenvalue weighted by molar-refractivity contribution is 5.82. The number of nitrogens with one attached hydrogen (secondary N) is 3. The third-order valence-corrected chi connectivity index (χ3v) is 8.10. The summed E-state index contributed by atoms with van der Waals surface area (Å²) >= 11 is 0. The summed E-state index contributed by atoms with van der Waals surface area (Å²) in [5.74, 6) is -0.341. The van der Waals surface area contributed by atoms with Crippen LogP contribution in [-0.4, -0.2) is 123 Å². The first-order valence-electron chi connectivity index (χ1n) is 23.5. The minimum Gasteiger partial charge on any atom is -0.481 e. The number of benzene rings is 2. The van der Waals surface area contributed by atoms with Gasteiger partial charge in [-0.25, -0.2) is 0 Å². The van der Waals surface area contributed by atoms with Gasteiger partial charge in [0, 0.05) is 39.5 Å². The highest BCUT2D eigenvalue weighted by Gasteiger charge is 2.15. The first-order chi connectivity index (χ1) is 32.2. The Morgan fingerprint density at radius 3 is 1.74 bits per heavy atom. The van der Waals surface area contributed by atoms with Gasteiger partial charge in [0.25, 0.3) is 0 Å². The third-order valence-electron chi connectivity index (χ3n) is 8.10. The maximum absolute atomic E-state index is 11.4. The van der Waals surface area contributed by atoms with Crippen LogP contribution >= 0.6 is 0 Å². The van der Waals surface area contributed by atoms with E-state index in [1.807, 2.05) is 55.4 Å². The van der Waals surface area contributed by atoms with E-state index in [0.29, 0.717) is 44.2 Å². The second-order valence-corrected chi connectivity index (χ2v) is 18.3. The van der Waals surface area contributed by atoms with Crippen molar-refractivity contribution in [2.75, 3.05) is 40.3 Å². The van der Waals surface area contributed by atoms with Crippen LogP contribution in [0.1, 0.15) is 152 Å². The van der Waals surface area contributed by atoms with Crippen molar-refractivity contribution < 1.29 is 58.0 Å². The SMILES string of the molecule is C=O.CC(C)(C)O.CCC(=O)OC(C)(C)C.CNCCCCC(N)C=O.COC(C)(C)C.Cc1ccc2ccccc2c1.NCC=O.O=C(O)CCCC(=O)NCC1CCCCC1.O=CCNC=O. The van der Waals surface area contributed by atoms with Crippen molar-refractivity contribution in [3.8, 4) is 0 Å². The molecule has 0 radical (unpaired) electrons. The van der Waals surface area contributed by atoms with E-state index < -0.39 is 11.6 Å². The lowest BCUT2D eigenvalue weighted by atomic mass is 9.89. The molecule has 1 aliphatic rings. The molecule has 2 aromatic rings. The van der Waals surface area contributed by atoms with Crippen molar-refractivity contribution in [3.05, 3.63) is 48.0 Å². The van der Waals surface area contributed by atoms with Gasteiger partial charge in [-0.15, -0.1) is 0 Å². The smallest absolute Gasteiger partial charge is 0.306 e. The molecule has 9 N–H and O–H groups in total. The number of carbonyl (C=O) groups excluding carboxylic acids is 7. The fourth-order valence-corrected chi connectivity index (χ4v) is 4.71. The minimum atomic E-state index is -0.833. The maximum Gasteiger partial charge on any atom is 0.306 e. The zero-order valence-electron chi connectivity index (χ0n) is 44.7. The number of nitrogens with two attached hydrogens (primary N) is 2. The third kappa shape index (κ3) is 74.8. The average molecular weight is 982 g/mol. The van der Waals surface area contributed by atoms with E-state index in [0.717, 1.165) is 38.6 Å². The number of rotatable bonds is 17. The summed E-state index contributed by atoms with van der Waals surface area (Å²) < 4.78 is 9.89. The Hall–Kier alpha value is -4.94. The molecule has 0 aliphatic heterocycles. The predicted octanol–water partition coefficient (Wildman–Crippen LogP) is 6.83. The van der Waals surface area contributed by atoms with Crippen molar-refractivity contribution in [2.45, 2.75) is 176 Å². The van der Waals surface area contributed by atoms with E-state index in [1.165, 1.54) is 48.4 Å². The van der Waals surface area contributed by atoms with E-state index >= 15 is 0 Å². The van der Waals surface area contributed by atoms with Gasteiger partial charge in [0.15, 0.2) is 0 Å². The summed E-state index contributed by atoms with van der Waals surface area (Å²) in [6.45, 7) is 24.8. The first kappa shape index (κ1) is 75.6. The van der Waals surface area contributed by atoms with Crippen LogP contribution in [0.5, 0.6) is 0 Å². The van der Waals surface area contributed by atoms with Crippen molar-refractivity contribution in [3.63, 3.8) is 0 Å². The summed E-state index contributed by atoms with van der Waals surface area (Å²) in [5, 5.41) is 27.7. The van der Waals surface area contributed by atoms with Crippen molar-refractivity contribution in [2.24, 2.45) is 17.4 Å². The second kappa shape index (κ2) is 50.9. The van der Waals surface area contributed by atoms with Crippen LogP contribution in [0.25, 0.3) is 10.8 Å². The molecule has 1 aliphatic carbocycles. The standard InChI is InChI=1S/C12H21NO3.C11H10.C7H16N2O.C7H14O2.C5H12O.C4H10O.C3H5NO2.C2H5NO.CH2O/c14-11(7-4-8-12(15)16)13-9-10-5-2-1-3-6-10;1-9-6-7-10-4-2-3-5-11(10)8-9;1-9-5-3-2-4-7(8)6-10;1-5-6(8)9-7(2,3)4;1-5(2,3)6-4;1-4(2,3)5;5-2-1-4-3-6;3-1-2-4;1-2/h10H,1-9H2,(H,13,14)(H,15,16);2-8H,1H3;6-7,9H,2-5,8H2,1H3;5H2,1-4H3;1-4H3;5H,1-3H3;2-3H,1H2,(H,4,6);2H,1,3H2;1H2. The normalized spacial score (nSPS) is 11.8. The molecule has 0 aromatic heterocycles. The number of unbranched alkanes of at least 4 members (excludes halogenated alkanes) is 1. The Bertz CT molecular complexity index is 1540. The Morgan fingerprint density at radius 1 is 0.841 bits per heavy atom. The molecule has 17 nitrogen and oxygen atoms in total. The highest BCUT2D eigenvalue weighted by atomic mass is 16.6. The molecular formula is C52H95N5O12. The molecule has 17 heteroatoms. The predicted molar refractivity (Wildman–Crippen MR) is 279 cm³/mol. The number of hydrogen-bond donors (Lipinski definition) is 7. The quantitative estimate of drug-likeness (QED) is 0.0486. The monoisotopic (exact) mass is 982 g/mol. The number of fused-ring (bicyclic) bond motifs is 1. The van der Waals surface area contributed by atoms with Crippen LogP contribution in [0, 0.1) is 12.8 Å². The number of methoxy groups -OCH3 is 1. The van der Waals surface area contributed by atoms with Crippen molar-refractivity contribution >= 4 is 60.7 Å². The molecular weight excluding hydrogens is 887 g/mol. The largest absolute Gasteiger partial charge is 0.481 e. The number of carboxylic acid groups (broad SMARTS) is 1. The lowest BCUT2D eigenvalue weighted by Crippen LogP contribution is -2.30. The molecule has 2 aromatic carbocycles. The highest BCUT2D eigenvalue weighted by Crippen LogP contribution is 2.22. The number of esters is 1. The van der Waals surface area contributed by atoms with Gasteiger partial charge in [-0.05, 0) is 132 Å². The topological polar surface area (TPSA) is 284 Å². The number of aliphatic carboxylic acids is 1. The fourth-order valence-electron chi connectivity index (χ4n) is 4.71. The van der Waals surface area contributed by atoms with Crippen LogP contribution in [-0.2, 0) is 47.8 Å². The molecule has 3 rings (SSSR count). The molecule has 400 valence electrons. The number of carboxylic acids is 1. The number of ether oxygens (including phenoxy) is 2. The molecule has 2 amide bonds. The summed E-state index contributed by atoms with van der Waals surface area (Å²) in [4.78, 5) is 77.9. The Kier molecular flexibility index (Phi) is 55.8. The van der Waals surface area contributed by atoms with E-state index in [2.05, 4.69) is 71.1 Å². The lowest BCUT2D eigenvalue weighted by Gasteiger charge is -2.21. The van der Waals surface area contributed by atoms with Crippen LogP contribution < -0.4 is 27.4 Å². The van der Waals surface area contributed by atoms with Crippen LogP contribution in [0.15, 0.2) is 42.5 Å². The summed E-state index contributed by atoms with van der Waals surface area (Å²) in [6.07, 6.45) is 13.1. The van der Waals surface area contributed by atoms with Gasteiger partial charge < -0.3 is 66.3 Å². The van der Waals surface area contributed by atoms with E-state index in [-0.39, 0.29) is 48.6 Å². The molecule has 1 fully saturated rings. The first-order valence-corrected chi connectivity index (χ1v) is 23.5. The van der Waals surface area contributed by atoms with Gasteiger partial charge in [-0.2, -0.15) is 0 Å². The molecule has 69 heavy (non-hydrogen) atoms. The summed E-state index contributed by atoms with van der Waals surface area (Å²) in [5.41, 5.74) is 10.6. The minimum absolute atomic E-state index is 0.00757. The lowest BCUT2D eigenvalue weighted by molar-refractivity contribution is -0.154. The molecule has 1 atom stereocenters. The molecule has 0 saturated heterocycles. The van der Waals surface area contributed by atoms with Gasteiger partial charge >= 0.3 is 11.9 Å². The fraction of sp³-hybridized carbons (Fsp3) is 0.654. The van der Waals surface area contributed by atoms with Crippen molar-refractivity contribution in [1.29, 1.82) is 0 Å². The molecule has 1 saturated carbocycles. The number of carbonyl (C=O) groups is 8. The van der Waals surface area contributed by atoms with Crippen LogP contribution in [0.4, 0.5) is 0 Å². The summed E-state index contributed by atoms with van der Waals surface area (Å²) in [7, 11) is 3.62. The molecule has 0 bridgehead atoms.